The quantitative estimate of drug-likeness (QED) is 0.701. The largest absolute Gasteiger partial charge is 0.478 e. The van der Waals surface area contributed by atoms with Crippen molar-refractivity contribution in [2.45, 2.75) is 6.92 Å². The molecule has 6 nitrogen and oxygen atoms in total. The van der Waals surface area contributed by atoms with Crippen LogP contribution in [0.3, 0.4) is 0 Å². The van der Waals surface area contributed by atoms with E-state index in [2.05, 4.69) is 10.6 Å². The first kappa shape index (κ1) is 15.4. The van der Waals surface area contributed by atoms with E-state index in [1.165, 1.54) is 25.1 Å². The van der Waals surface area contributed by atoms with Crippen molar-refractivity contribution in [1.29, 1.82) is 0 Å². The van der Waals surface area contributed by atoms with Gasteiger partial charge in [0.15, 0.2) is 0 Å². The SMILES string of the molecule is CC(=O)NCC(=O)Nc1ccc(C=CC(=O)O)cc1F. The van der Waals surface area contributed by atoms with Gasteiger partial charge in [-0.25, -0.2) is 9.18 Å². The van der Waals surface area contributed by atoms with Crippen LogP contribution in [0.2, 0.25) is 0 Å². The van der Waals surface area contributed by atoms with Crippen molar-refractivity contribution in [3.8, 4) is 0 Å². The second kappa shape index (κ2) is 7.03. The fraction of sp³-hybridized carbons (Fsp3) is 0.154. The van der Waals surface area contributed by atoms with Crippen LogP contribution in [0.4, 0.5) is 10.1 Å². The molecule has 2 amide bonds. The zero-order valence-electron chi connectivity index (χ0n) is 10.6. The number of aliphatic carboxylic acids is 1. The summed E-state index contributed by atoms with van der Waals surface area (Å²) in [6, 6.07) is 3.85. The average Bonchev–Trinajstić information content (AvgIpc) is 2.36. The molecule has 0 radical (unpaired) electrons. The van der Waals surface area contributed by atoms with Crippen LogP contribution in [0.25, 0.3) is 6.08 Å². The number of carbonyl (C=O) groups is 3. The van der Waals surface area contributed by atoms with Crippen molar-refractivity contribution in [2.24, 2.45) is 0 Å². The van der Waals surface area contributed by atoms with Gasteiger partial charge in [0, 0.05) is 13.0 Å². The van der Waals surface area contributed by atoms with Gasteiger partial charge in [0.25, 0.3) is 0 Å². The molecule has 1 rings (SSSR count). The Balaban J connectivity index is 2.71. The number of rotatable bonds is 5. The first-order valence-corrected chi connectivity index (χ1v) is 5.63. The molecule has 0 aliphatic heterocycles. The molecule has 0 fully saturated rings. The number of benzene rings is 1. The van der Waals surface area contributed by atoms with E-state index in [0.717, 1.165) is 12.1 Å². The lowest BCUT2D eigenvalue weighted by molar-refractivity contribution is -0.131. The lowest BCUT2D eigenvalue weighted by Crippen LogP contribution is -2.31. The zero-order chi connectivity index (χ0) is 15.1. The van der Waals surface area contributed by atoms with Gasteiger partial charge in [-0.1, -0.05) is 6.07 Å². The second-order valence-corrected chi connectivity index (χ2v) is 3.87. The number of carboxylic acids is 1. The number of carbonyl (C=O) groups excluding carboxylic acids is 2. The van der Waals surface area contributed by atoms with Crippen molar-refractivity contribution in [3.63, 3.8) is 0 Å². The van der Waals surface area contributed by atoms with E-state index in [0.29, 0.717) is 5.56 Å². The maximum Gasteiger partial charge on any atom is 0.328 e. The first-order valence-electron chi connectivity index (χ1n) is 5.63. The van der Waals surface area contributed by atoms with Crippen LogP contribution < -0.4 is 10.6 Å². The normalized spacial score (nSPS) is 10.3. The van der Waals surface area contributed by atoms with Gasteiger partial charge in [-0.15, -0.1) is 0 Å². The van der Waals surface area contributed by atoms with Crippen molar-refractivity contribution in [3.05, 3.63) is 35.7 Å². The van der Waals surface area contributed by atoms with Gasteiger partial charge in [-0.05, 0) is 23.8 Å². The van der Waals surface area contributed by atoms with E-state index in [1.54, 1.807) is 0 Å². The molecule has 0 bridgehead atoms. The smallest absolute Gasteiger partial charge is 0.328 e. The Labute approximate surface area is 114 Å². The Kier molecular flexibility index (Phi) is 5.40. The summed E-state index contributed by atoms with van der Waals surface area (Å²) in [5.41, 5.74) is 0.303. The summed E-state index contributed by atoms with van der Waals surface area (Å²) in [6.45, 7) is 1.01. The minimum atomic E-state index is -1.14. The Morgan fingerprint density at radius 2 is 2.05 bits per heavy atom. The van der Waals surface area contributed by atoms with Gasteiger partial charge in [0.05, 0.1) is 12.2 Å². The minimum Gasteiger partial charge on any atom is -0.478 e. The number of amides is 2. The van der Waals surface area contributed by atoms with Gasteiger partial charge in [0.2, 0.25) is 11.8 Å². The lowest BCUT2D eigenvalue weighted by atomic mass is 10.2. The average molecular weight is 280 g/mol. The van der Waals surface area contributed by atoms with E-state index < -0.39 is 17.7 Å². The van der Waals surface area contributed by atoms with Crippen LogP contribution in [0.1, 0.15) is 12.5 Å². The molecule has 0 aliphatic carbocycles. The molecular formula is C13H13FN2O4. The number of anilines is 1. The summed E-state index contributed by atoms with van der Waals surface area (Å²) in [4.78, 5) is 32.3. The van der Waals surface area contributed by atoms with Crippen molar-refractivity contribution >= 4 is 29.5 Å². The van der Waals surface area contributed by atoms with Crippen LogP contribution in [0.15, 0.2) is 24.3 Å². The third kappa shape index (κ3) is 5.30. The summed E-state index contributed by atoms with van der Waals surface area (Å²) in [5.74, 6) is -2.77. The van der Waals surface area contributed by atoms with Gasteiger partial charge < -0.3 is 15.7 Å². The first-order chi connectivity index (χ1) is 9.38. The van der Waals surface area contributed by atoms with Crippen molar-refractivity contribution in [1.82, 2.24) is 5.32 Å². The van der Waals surface area contributed by atoms with Crippen molar-refractivity contribution < 1.29 is 23.9 Å². The predicted octanol–water partition coefficient (Wildman–Crippen LogP) is 0.998. The standard InChI is InChI=1S/C13H13FN2O4/c1-8(17)15-7-12(18)16-11-4-2-9(6-10(11)14)3-5-13(19)20/h2-6H,7H2,1H3,(H,15,17)(H,16,18)(H,19,20). The predicted molar refractivity (Wildman–Crippen MR) is 70.4 cm³/mol. The molecule has 1 aromatic rings. The highest BCUT2D eigenvalue weighted by atomic mass is 19.1. The molecule has 0 heterocycles. The van der Waals surface area contributed by atoms with E-state index in [9.17, 15) is 18.8 Å². The number of carboxylic acid groups (broad SMARTS) is 1. The lowest BCUT2D eigenvalue weighted by Gasteiger charge is -2.07. The molecule has 7 heteroatoms. The zero-order valence-corrected chi connectivity index (χ0v) is 10.6. The maximum atomic E-state index is 13.7. The van der Waals surface area contributed by atoms with Gasteiger partial charge in [-0.3, -0.25) is 9.59 Å². The molecular weight excluding hydrogens is 267 g/mol. The molecule has 1 aromatic carbocycles. The molecule has 0 saturated heterocycles. The summed E-state index contributed by atoms with van der Waals surface area (Å²) < 4.78 is 13.7. The van der Waals surface area contributed by atoms with Crippen molar-refractivity contribution in [2.75, 3.05) is 11.9 Å². The summed E-state index contributed by atoms with van der Waals surface area (Å²) in [5, 5.41) is 13.0. The van der Waals surface area contributed by atoms with Crippen LogP contribution in [0, 0.1) is 5.82 Å². The number of hydrogen-bond acceptors (Lipinski definition) is 3. The third-order valence-electron chi connectivity index (χ3n) is 2.18. The van der Waals surface area contributed by atoms with E-state index in [-0.39, 0.29) is 18.1 Å². The van der Waals surface area contributed by atoms with Gasteiger partial charge >= 0.3 is 5.97 Å². The molecule has 0 saturated carbocycles. The van der Waals surface area contributed by atoms with Crippen LogP contribution in [-0.4, -0.2) is 29.4 Å². The van der Waals surface area contributed by atoms with Gasteiger partial charge in [-0.2, -0.15) is 0 Å². The van der Waals surface area contributed by atoms with E-state index in [4.69, 9.17) is 5.11 Å². The highest BCUT2D eigenvalue weighted by molar-refractivity contribution is 5.94. The van der Waals surface area contributed by atoms with E-state index in [1.807, 2.05) is 0 Å². The topological polar surface area (TPSA) is 95.5 Å². The summed E-state index contributed by atoms with van der Waals surface area (Å²) in [6.07, 6.45) is 2.11. The highest BCUT2D eigenvalue weighted by Crippen LogP contribution is 2.16. The molecule has 0 aliphatic rings. The Morgan fingerprint density at radius 1 is 1.35 bits per heavy atom. The number of nitrogens with one attached hydrogen (secondary N) is 2. The summed E-state index contributed by atoms with van der Waals surface area (Å²) in [7, 11) is 0. The fourth-order valence-corrected chi connectivity index (χ4v) is 1.30. The van der Waals surface area contributed by atoms with E-state index >= 15 is 0 Å². The number of hydrogen-bond donors (Lipinski definition) is 3. The number of halogens is 1. The molecule has 0 unspecified atom stereocenters. The Morgan fingerprint density at radius 3 is 2.60 bits per heavy atom. The monoisotopic (exact) mass is 280 g/mol. The molecule has 3 N–H and O–H groups in total. The minimum absolute atomic E-state index is 0.0483. The van der Waals surface area contributed by atoms with Gasteiger partial charge in [0.1, 0.15) is 5.82 Å². The van der Waals surface area contributed by atoms with Crippen LogP contribution in [-0.2, 0) is 14.4 Å². The highest BCUT2D eigenvalue weighted by Gasteiger charge is 2.07. The molecule has 106 valence electrons. The Bertz CT molecular complexity index is 569. The summed E-state index contributed by atoms with van der Waals surface area (Å²) >= 11 is 0. The molecule has 0 spiro atoms. The van der Waals surface area contributed by atoms with Crippen LogP contribution in [0.5, 0.6) is 0 Å². The molecule has 20 heavy (non-hydrogen) atoms. The Hall–Kier alpha value is -2.70. The third-order valence-corrected chi connectivity index (χ3v) is 2.18. The van der Waals surface area contributed by atoms with Crippen LogP contribution >= 0.6 is 0 Å². The molecule has 0 atom stereocenters. The molecule has 0 aromatic heterocycles. The fourth-order valence-electron chi connectivity index (χ4n) is 1.30. The second-order valence-electron chi connectivity index (χ2n) is 3.87. The maximum absolute atomic E-state index is 13.7.